The van der Waals surface area contributed by atoms with Crippen LogP contribution in [0.3, 0.4) is 0 Å². The summed E-state index contributed by atoms with van der Waals surface area (Å²) in [4.78, 5) is 0. The summed E-state index contributed by atoms with van der Waals surface area (Å²) in [6.07, 6.45) is 6.05. The zero-order valence-electron chi connectivity index (χ0n) is 14.2. The number of methoxy groups -OCH3 is 2. The van der Waals surface area contributed by atoms with Crippen molar-refractivity contribution in [1.82, 2.24) is 0 Å². The van der Waals surface area contributed by atoms with Crippen molar-refractivity contribution < 1.29 is 9.47 Å². The Labute approximate surface area is 142 Å². The molecule has 2 rings (SSSR count). The van der Waals surface area contributed by atoms with Crippen molar-refractivity contribution in [1.29, 1.82) is 0 Å². The highest BCUT2D eigenvalue weighted by atomic mass is 79.9. The second-order valence-corrected chi connectivity index (χ2v) is 7.39. The van der Waals surface area contributed by atoms with E-state index in [1.54, 1.807) is 14.2 Å². The Balaban J connectivity index is 2.68. The summed E-state index contributed by atoms with van der Waals surface area (Å²) in [5.74, 6) is 2.14. The average molecular weight is 370 g/mol. The van der Waals surface area contributed by atoms with Crippen molar-refractivity contribution in [2.75, 3.05) is 20.8 Å². The first-order valence-corrected chi connectivity index (χ1v) is 8.95. The van der Waals surface area contributed by atoms with E-state index in [9.17, 15) is 0 Å². The van der Waals surface area contributed by atoms with Crippen LogP contribution >= 0.6 is 15.9 Å². The van der Waals surface area contributed by atoms with Crippen LogP contribution < -0.4 is 15.2 Å². The zero-order chi connectivity index (χ0) is 16.3. The van der Waals surface area contributed by atoms with Crippen molar-refractivity contribution in [3.05, 3.63) is 21.7 Å². The lowest BCUT2D eigenvalue weighted by molar-refractivity contribution is 0.285. The largest absolute Gasteiger partial charge is 0.495 e. The van der Waals surface area contributed by atoms with E-state index in [1.165, 1.54) is 30.4 Å². The van der Waals surface area contributed by atoms with Crippen molar-refractivity contribution in [2.45, 2.75) is 57.3 Å². The van der Waals surface area contributed by atoms with E-state index >= 15 is 0 Å². The summed E-state index contributed by atoms with van der Waals surface area (Å²) in [6.45, 7) is 5.05. The van der Waals surface area contributed by atoms with Gasteiger partial charge in [-0.1, -0.05) is 33.1 Å². The number of nitrogens with two attached hydrogens (primary N) is 1. The molecule has 3 nitrogen and oxygen atoms in total. The van der Waals surface area contributed by atoms with Crippen molar-refractivity contribution in [3.8, 4) is 11.5 Å². The summed E-state index contributed by atoms with van der Waals surface area (Å²) < 4.78 is 12.3. The van der Waals surface area contributed by atoms with E-state index in [0.717, 1.165) is 28.8 Å². The summed E-state index contributed by atoms with van der Waals surface area (Å²) >= 11 is 3.70. The molecule has 0 aromatic heterocycles. The van der Waals surface area contributed by atoms with E-state index in [4.69, 9.17) is 15.2 Å². The van der Waals surface area contributed by atoms with Gasteiger partial charge in [-0.25, -0.2) is 0 Å². The fourth-order valence-corrected chi connectivity index (χ4v) is 4.44. The molecule has 1 aromatic rings. The molecule has 1 aliphatic carbocycles. The number of rotatable bonds is 5. The number of hydrogen-bond acceptors (Lipinski definition) is 3. The summed E-state index contributed by atoms with van der Waals surface area (Å²) in [7, 11) is 3.44. The first-order valence-electron chi connectivity index (χ1n) is 8.15. The van der Waals surface area contributed by atoms with E-state index in [0.29, 0.717) is 12.5 Å². The molecule has 0 radical (unpaired) electrons. The number of halogens is 1. The predicted octanol–water partition coefficient (Wildman–Crippen LogP) is 4.75. The van der Waals surface area contributed by atoms with Gasteiger partial charge in [0, 0.05) is 17.5 Å². The molecule has 124 valence electrons. The second kappa shape index (κ2) is 7.22. The maximum atomic E-state index is 6.24. The second-order valence-electron chi connectivity index (χ2n) is 6.59. The highest BCUT2D eigenvalue weighted by Gasteiger charge is 2.37. The smallest absolute Gasteiger partial charge is 0.140 e. The SMILES string of the molecule is COc1c(C(C)C)cc(C2(CN)CCCCC2)c(OC)c1Br. The monoisotopic (exact) mass is 369 g/mol. The Kier molecular flexibility index (Phi) is 5.78. The molecular formula is C18H28BrNO2. The van der Waals surface area contributed by atoms with E-state index in [-0.39, 0.29) is 5.41 Å². The molecule has 1 saturated carbocycles. The van der Waals surface area contributed by atoms with Crippen LogP contribution in [0.5, 0.6) is 11.5 Å². The molecule has 0 spiro atoms. The molecule has 1 aromatic carbocycles. The molecule has 0 amide bonds. The van der Waals surface area contributed by atoms with Crippen LogP contribution in [0.15, 0.2) is 10.5 Å². The zero-order valence-corrected chi connectivity index (χ0v) is 15.8. The Bertz CT molecular complexity index is 522. The van der Waals surface area contributed by atoms with Crippen LogP contribution in [-0.2, 0) is 5.41 Å². The normalized spacial score (nSPS) is 17.6. The molecule has 0 bridgehead atoms. The van der Waals surface area contributed by atoms with Gasteiger partial charge in [-0.3, -0.25) is 0 Å². The van der Waals surface area contributed by atoms with Gasteiger partial charge in [-0.15, -0.1) is 0 Å². The molecule has 2 N–H and O–H groups in total. The van der Waals surface area contributed by atoms with Gasteiger partial charge < -0.3 is 15.2 Å². The Morgan fingerprint density at radius 1 is 1.14 bits per heavy atom. The molecule has 0 aliphatic heterocycles. The van der Waals surface area contributed by atoms with Gasteiger partial charge in [0.25, 0.3) is 0 Å². The Morgan fingerprint density at radius 3 is 2.18 bits per heavy atom. The molecule has 1 fully saturated rings. The highest BCUT2D eigenvalue weighted by Crippen LogP contribution is 2.50. The molecule has 4 heteroatoms. The van der Waals surface area contributed by atoms with Gasteiger partial charge in [-0.05, 0) is 46.3 Å². The molecule has 0 heterocycles. The first kappa shape index (κ1) is 17.6. The van der Waals surface area contributed by atoms with Crippen LogP contribution in [0.25, 0.3) is 0 Å². The number of hydrogen-bond donors (Lipinski definition) is 1. The molecule has 22 heavy (non-hydrogen) atoms. The molecule has 0 saturated heterocycles. The molecule has 1 aliphatic rings. The van der Waals surface area contributed by atoms with Crippen LogP contribution in [0.4, 0.5) is 0 Å². The standard InChI is InChI=1S/C18H28BrNO2/c1-12(2)13-10-14(17(22-4)15(19)16(13)21-3)18(11-20)8-6-5-7-9-18/h10,12H,5-9,11,20H2,1-4H3. The summed E-state index contributed by atoms with van der Waals surface area (Å²) in [6, 6.07) is 2.27. The minimum absolute atomic E-state index is 0.0298. The highest BCUT2D eigenvalue weighted by molar-refractivity contribution is 9.10. The lowest BCUT2D eigenvalue weighted by Crippen LogP contribution is -2.37. The average Bonchev–Trinajstić information content (AvgIpc) is 2.54. The van der Waals surface area contributed by atoms with Crippen molar-refractivity contribution in [2.24, 2.45) is 5.73 Å². The van der Waals surface area contributed by atoms with Crippen LogP contribution in [0, 0.1) is 0 Å². The summed E-state index contributed by atoms with van der Waals surface area (Å²) in [5.41, 5.74) is 8.72. The van der Waals surface area contributed by atoms with Gasteiger partial charge in [0.2, 0.25) is 0 Å². The van der Waals surface area contributed by atoms with E-state index < -0.39 is 0 Å². The Hall–Kier alpha value is -0.740. The third-order valence-corrected chi connectivity index (χ3v) is 5.73. The van der Waals surface area contributed by atoms with Crippen LogP contribution in [-0.4, -0.2) is 20.8 Å². The maximum Gasteiger partial charge on any atom is 0.140 e. The quantitative estimate of drug-likeness (QED) is 0.814. The van der Waals surface area contributed by atoms with Gasteiger partial charge in [-0.2, -0.15) is 0 Å². The van der Waals surface area contributed by atoms with Gasteiger partial charge >= 0.3 is 0 Å². The van der Waals surface area contributed by atoms with Crippen molar-refractivity contribution >= 4 is 15.9 Å². The summed E-state index contributed by atoms with van der Waals surface area (Å²) in [5, 5.41) is 0. The molecule has 0 unspecified atom stereocenters. The Morgan fingerprint density at radius 2 is 1.73 bits per heavy atom. The van der Waals surface area contributed by atoms with E-state index in [2.05, 4.69) is 35.8 Å². The van der Waals surface area contributed by atoms with Crippen molar-refractivity contribution in [3.63, 3.8) is 0 Å². The predicted molar refractivity (Wildman–Crippen MR) is 95.2 cm³/mol. The van der Waals surface area contributed by atoms with Gasteiger partial charge in [0.15, 0.2) is 0 Å². The fourth-order valence-electron chi connectivity index (χ4n) is 3.68. The maximum absolute atomic E-state index is 6.24. The van der Waals surface area contributed by atoms with Crippen LogP contribution in [0.1, 0.15) is 63.0 Å². The molecular weight excluding hydrogens is 342 g/mol. The first-order chi connectivity index (χ1) is 10.5. The van der Waals surface area contributed by atoms with E-state index in [1.807, 2.05) is 0 Å². The minimum Gasteiger partial charge on any atom is -0.495 e. The lowest BCUT2D eigenvalue weighted by atomic mass is 9.68. The third-order valence-electron chi connectivity index (χ3n) is 5.01. The number of ether oxygens (including phenoxy) is 2. The van der Waals surface area contributed by atoms with Crippen LogP contribution in [0.2, 0.25) is 0 Å². The topological polar surface area (TPSA) is 44.5 Å². The van der Waals surface area contributed by atoms with Gasteiger partial charge in [0.05, 0.1) is 14.2 Å². The van der Waals surface area contributed by atoms with Gasteiger partial charge in [0.1, 0.15) is 16.0 Å². The lowest BCUT2D eigenvalue weighted by Gasteiger charge is -2.38. The third kappa shape index (κ3) is 3.00. The number of benzene rings is 1. The fraction of sp³-hybridized carbons (Fsp3) is 0.667. The minimum atomic E-state index is 0.0298. The molecule has 0 atom stereocenters.